The van der Waals surface area contributed by atoms with Gasteiger partial charge in [0, 0.05) is 25.2 Å². The second-order valence-corrected chi connectivity index (χ2v) is 6.56. The summed E-state index contributed by atoms with van der Waals surface area (Å²) in [5, 5.41) is 9.26. The van der Waals surface area contributed by atoms with E-state index in [0.29, 0.717) is 12.3 Å². The Labute approximate surface area is 119 Å². The number of hydrogen-bond donors (Lipinski definition) is 1. The molecule has 3 saturated heterocycles. The Hall–Kier alpha value is -1.26. The molecule has 4 unspecified atom stereocenters. The molecule has 3 rings (SSSR count). The highest BCUT2D eigenvalue weighted by Gasteiger charge is 2.52. The highest BCUT2D eigenvalue weighted by molar-refractivity contribution is 5.79. The van der Waals surface area contributed by atoms with Gasteiger partial charge in [-0.25, -0.2) is 4.79 Å². The fourth-order valence-electron chi connectivity index (χ4n) is 4.37. The summed E-state index contributed by atoms with van der Waals surface area (Å²) in [6.45, 7) is 3.89. The third-order valence-corrected chi connectivity index (χ3v) is 5.33. The minimum absolute atomic E-state index is 0.0600. The summed E-state index contributed by atoms with van der Waals surface area (Å²) in [7, 11) is 0. The quantitative estimate of drug-likeness (QED) is 0.862. The van der Waals surface area contributed by atoms with E-state index in [1.54, 1.807) is 0 Å². The molecule has 0 aliphatic carbocycles. The molecule has 0 radical (unpaired) electrons. The molecule has 2 amide bonds. The van der Waals surface area contributed by atoms with E-state index in [4.69, 9.17) is 0 Å². The molecule has 5 heteroatoms. The van der Waals surface area contributed by atoms with Crippen LogP contribution in [0.15, 0.2) is 0 Å². The first kappa shape index (κ1) is 13.7. The van der Waals surface area contributed by atoms with Crippen LogP contribution in [0.5, 0.6) is 0 Å². The predicted octanol–water partition coefficient (Wildman–Crippen LogP) is 2.17. The van der Waals surface area contributed by atoms with E-state index < -0.39 is 5.97 Å². The third-order valence-electron chi connectivity index (χ3n) is 5.33. The van der Waals surface area contributed by atoms with Gasteiger partial charge < -0.3 is 14.9 Å². The van der Waals surface area contributed by atoms with E-state index in [1.165, 1.54) is 12.8 Å². The third kappa shape index (κ3) is 2.17. The van der Waals surface area contributed by atoms with Crippen molar-refractivity contribution in [1.82, 2.24) is 9.80 Å². The molecule has 0 aromatic rings. The smallest absolute Gasteiger partial charge is 0.320 e. The topological polar surface area (TPSA) is 60.9 Å². The first-order valence-corrected chi connectivity index (χ1v) is 7.91. The van der Waals surface area contributed by atoms with Crippen molar-refractivity contribution in [2.45, 2.75) is 57.5 Å². The lowest BCUT2D eigenvalue weighted by atomic mass is 9.89. The Balaban J connectivity index is 1.65. The van der Waals surface area contributed by atoms with Crippen LogP contribution in [0.3, 0.4) is 0 Å². The first-order chi connectivity index (χ1) is 9.61. The van der Waals surface area contributed by atoms with Crippen LogP contribution in [0.4, 0.5) is 4.79 Å². The standard InChI is InChI=1S/C15H24N2O3/c1-2-3-10-6-7-16(9-10)15(20)17-11-4-5-13(17)12(8-11)14(18)19/h10-13H,2-9H2,1H3,(H,18,19). The van der Waals surface area contributed by atoms with Crippen molar-refractivity contribution in [2.24, 2.45) is 11.8 Å². The number of carboxylic acids is 1. The molecule has 20 heavy (non-hydrogen) atoms. The predicted molar refractivity (Wildman–Crippen MR) is 74.4 cm³/mol. The van der Waals surface area contributed by atoms with Crippen molar-refractivity contribution in [1.29, 1.82) is 0 Å². The van der Waals surface area contributed by atoms with Gasteiger partial charge in [-0.1, -0.05) is 13.3 Å². The lowest BCUT2D eigenvalue weighted by Gasteiger charge is -2.28. The summed E-state index contributed by atoms with van der Waals surface area (Å²) >= 11 is 0. The normalized spacial score (nSPS) is 35.9. The molecule has 112 valence electrons. The molecular weight excluding hydrogens is 256 g/mol. The molecule has 4 atom stereocenters. The monoisotopic (exact) mass is 280 g/mol. The van der Waals surface area contributed by atoms with Gasteiger partial charge in [0.2, 0.25) is 0 Å². The van der Waals surface area contributed by atoms with Gasteiger partial charge in [-0.2, -0.15) is 0 Å². The van der Waals surface area contributed by atoms with Gasteiger partial charge in [-0.3, -0.25) is 4.79 Å². The Kier molecular flexibility index (Phi) is 3.61. The van der Waals surface area contributed by atoms with Gasteiger partial charge in [-0.05, 0) is 38.0 Å². The molecule has 0 aromatic heterocycles. The molecule has 2 bridgehead atoms. The zero-order valence-electron chi connectivity index (χ0n) is 12.1. The van der Waals surface area contributed by atoms with Crippen LogP contribution in [0.1, 0.15) is 45.4 Å². The van der Waals surface area contributed by atoms with Crippen LogP contribution in [-0.2, 0) is 4.79 Å². The Morgan fingerprint density at radius 3 is 2.70 bits per heavy atom. The molecule has 0 aromatic carbocycles. The number of nitrogens with zero attached hydrogens (tertiary/aromatic N) is 2. The van der Waals surface area contributed by atoms with Crippen molar-refractivity contribution < 1.29 is 14.7 Å². The van der Waals surface area contributed by atoms with Gasteiger partial charge >= 0.3 is 12.0 Å². The summed E-state index contributed by atoms with van der Waals surface area (Å²) in [6, 6.07) is 0.203. The van der Waals surface area contributed by atoms with Crippen LogP contribution in [0.2, 0.25) is 0 Å². The number of fused-ring (bicyclic) bond motifs is 2. The first-order valence-electron chi connectivity index (χ1n) is 7.91. The van der Waals surface area contributed by atoms with Crippen molar-refractivity contribution in [2.75, 3.05) is 13.1 Å². The van der Waals surface area contributed by atoms with Gasteiger partial charge in [0.05, 0.1) is 5.92 Å². The Bertz CT molecular complexity index is 412. The minimum atomic E-state index is -0.736. The van der Waals surface area contributed by atoms with Gasteiger partial charge in [0.25, 0.3) is 0 Å². The van der Waals surface area contributed by atoms with Crippen molar-refractivity contribution in [3.8, 4) is 0 Å². The number of amides is 2. The lowest BCUT2D eigenvalue weighted by molar-refractivity contribution is -0.142. The van der Waals surface area contributed by atoms with Crippen LogP contribution in [0, 0.1) is 11.8 Å². The van der Waals surface area contributed by atoms with Gasteiger partial charge in [-0.15, -0.1) is 0 Å². The van der Waals surface area contributed by atoms with E-state index >= 15 is 0 Å². The summed E-state index contributed by atoms with van der Waals surface area (Å²) in [5.41, 5.74) is 0. The zero-order valence-corrected chi connectivity index (χ0v) is 12.1. The number of carbonyl (C=O) groups is 2. The van der Waals surface area contributed by atoms with Crippen molar-refractivity contribution in [3.05, 3.63) is 0 Å². The van der Waals surface area contributed by atoms with Crippen molar-refractivity contribution >= 4 is 12.0 Å². The number of rotatable bonds is 3. The molecule has 5 nitrogen and oxygen atoms in total. The molecular formula is C15H24N2O3. The Morgan fingerprint density at radius 1 is 1.25 bits per heavy atom. The highest BCUT2D eigenvalue weighted by atomic mass is 16.4. The molecule has 0 saturated carbocycles. The summed E-state index contributed by atoms with van der Waals surface area (Å²) < 4.78 is 0. The average molecular weight is 280 g/mol. The molecule has 1 N–H and O–H groups in total. The SMILES string of the molecule is CCCC1CCN(C(=O)N2C3CCC2C(C(=O)O)C3)C1. The van der Waals surface area contributed by atoms with E-state index in [-0.39, 0.29) is 24.0 Å². The molecule has 3 aliphatic heterocycles. The summed E-state index contributed by atoms with van der Waals surface area (Å²) in [4.78, 5) is 27.8. The van der Waals surface area contributed by atoms with E-state index in [9.17, 15) is 14.7 Å². The maximum absolute atomic E-state index is 12.7. The second kappa shape index (κ2) is 5.26. The number of aliphatic carboxylic acids is 1. The largest absolute Gasteiger partial charge is 0.481 e. The van der Waals surface area contributed by atoms with Crippen LogP contribution < -0.4 is 0 Å². The lowest BCUT2D eigenvalue weighted by Crippen LogP contribution is -2.45. The zero-order chi connectivity index (χ0) is 14.3. The maximum Gasteiger partial charge on any atom is 0.320 e. The van der Waals surface area contributed by atoms with Gasteiger partial charge in [0.1, 0.15) is 0 Å². The average Bonchev–Trinajstić information content (AvgIpc) is 3.11. The number of carboxylic acid groups (broad SMARTS) is 1. The van der Waals surface area contributed by atoms with Gasteiger partial charge in [0.15, 0.2) is 0 Å². The number of hydrogen-bond acceptors (Lipinski definition) is 2. The fourth-order valence-corrected chi connectivity index (χ4v) is 4.37. The highest BCUT2D eigenvalue weighted by Crippen LogP contribution is 2.42. The number of carbonyl (C=O) groups excluding carboxylic acids is 1. The number of urea groups is 1. The van der Waals surface area contributed by atoms with Crippen LogP contribution >= 0.6 is 0 Å². The molecule has 3 fully saturated rings. The fraction of sp³-hybridized carbons (Fsp3) is 0.867. The summed E-state index contributed by atoms with van der Waals surface area (Å²) in [5.74, 6) is -0.438. The molecule has 3 heterocycles. The summed E-state index contributed by atoms with van der Waals surface area (Å²) in [6.07, 6.45) is 5.95. The molecule has 0 spiro atoms. The van der Waals surface area contributed by atoms with Crippen LogP contribution in [0.25, 0.3) is 0 Å². The van der Waals surface area contributed by atoms with Crippen molar-refractivity contribution in [3.63, 3.8) is 0 Å². The second-order valence-electron chi connectivity index (χ2n) is 6.56. The van der Waals surface area contributed by atoms with E-state index in [0.717, 1.165) is 32.4 Å². The van der Waals surface area contributed by atoms with Crippen LogP contribution in [-0.4, -0.2) is 52.1 Å². The van der Waals surface area contributed by atoms with E-state index in [1.807, 2.05) is 9.80 Å². The maximum atomic E-state index is 12.7. The van der Waals surface area contributed by atoms with E-state index in [2.05, 4.69) is 6.92 Å². The molecule has 3 aliphatic rings. The Morgan fingerprint density at radius 2 is 2.05 bits per heavy atom. The number of likely N-dealkylation sites (tertiary alicyclic amines) is 1. The minimum Gasteiger partial charge on any atom is -0.481 e.